The van der Waals surface area contributed by atoms with Crippen molar-refractivity contribution in [1.29, 1.82) is 0 Å². The van der Waals surface area contributed by atoms with Gasteiger partial charge in [0.05, 0.1) is 0 Å². The maximum atomic E-state index is 11.9. The van der Waals surface area contributed by atoms with Gasteiger partial charge in [0.15, 0.2) is 0 Å². The molecule has 1 saturated carbocycles. The lowest BCUT2D eigenvalue weighted by Gasteiger charge is -2.30. The highest BCUT2D eigenvalue weighted by molar-refractivity contribution is 7.95. The Kier molecular flexibility index (Phi) is 6.39. The molecular formula is C9H16N2O2S4. The first-order valence-corrected chi connectivity index (χ1v) is 6.98. The van der Waals surface area contributed by atoms with Gasteiger partial charge in [-0.3, -0.25) is 9.59 Å². The van der Waals surface area contributed by atoms with Gasteiger partial charge in [-0.05, 0) is 18.8 Å². The highest BCUT2D eigenvalue weighted by Gasteiger charge is 2.38. The van der Waals surface area contributed by atoms with Crippen LogP contribution in [0.25, 0.3) is 0 Å². The van der Waals surface area contributed by atoms with Gasteiger partial charge < -0.3 is 0 Å². The fraction of sp³-hybridized carbons (Fsp3) is 0.778. The van der Waals surface area contributed by atoms with Crippen LogP contribution >= 0.6 is 51.3 Å². The van der Waals surface area contributed by atoms with Crippen LogP contribution in [-0.4, -0.2) is 19.2 Å². The fourth-order valence-corrected chi connectivity index (χ4v) is 2.72. The highest BCUT2D eigenvalue weighted by atomic mass is 32.2. The van der Waals surface area contributed by atoms with E-state index in [-0.39, 0.29) is 5.92 Å². The Hall–Kier alpha value is 0.340. The molecule has 0 heterocycles. The first-order chi connectivity index (χ1) is 7.95. The minimum atomic E-state index is -0.778. The van der Waals surface area contributed by atoms with Crippen molar-refractivity contribution in [3.63, 3.8) is 0 Å². The molecule has 0 saturated heterocycles. The van der Waals surface area contributed by atoms with Crippen LogP contribution in [0.15, 0.2) is 0 Å². The average Bonchev–Trinajstić information content (AvgIpc) is 2.30. The van der Waals surface area contributed by atoms with Crippen LogP contribution in [0.2, 0.25) is 0 Å². The second-order valence-corrected chi connectivity index (χ2v) is 6.36. The first-order valence-electron chi connectivity index (χ1n) is 5.38. The summed E-state index contributed by atoms with van der Waals surface area (Å²) in [7, 11) is 0. The van der Waals surface area contributed by atoms with Crippen molar-refractivity contribution >= 4 is 63.1 Å². The van der Waals surface area contributed by atoms with E-state index < -0.39 is 17.7 Å². The van der Waals surface area contributed by atoms with Gasteiger partial charge in [-0.15, -0.1) is 0 Å². The van der Waals surface area contributed by atoms with Crippen molar-refractivity contribution in [1.82, 2.24) is 7.42 Å². The Labute approximate surface area is 124 Å². The fourth-order valence-electron chi connectivity index (χ4n) is 2.23. The Bertz CT molecular complexity index is 273. The SMILES string of the molecule is O=C(C(C(=O)N(S)S)C1CCCCC1)N(S)S. The number of nitrogens with zero attached hydrogens (tertiary/aromatic N) is 2. The summed E-state index contributed by atoms with van der Waals surface area (Å²) in [5.41, 5.74) is 0. The zero-order valence-electron chi connectivity index (χ0n) is 9.19. The molecule has 1 aliphatic rings. The lowest BCUT2D eigenvalue weighted by molar-refractivity contribution is -0.140. The van der Waals surface area contributed by atoms with Gasteiger partial charge in [-0.2, -0.15) is 0 Å². The molecule has 98 valence electrons. The second-order valence-electron chi connectivity index (χ2n) is 4.13. The van der Waals surface area contributed by atoms with E-state index in [2.05, 4.69) is 51.3 Å². The highest BCUT2D eigenvalue weighted by Crippen LogP contribution is 2.33. The summed E-state index contributed by atoms with van der Waals surface area (Å²) in [6, 6.07) is 0. The molecule has 0 spiro atoms. The summed E-state index contributed by atoms with van der Waals surface area (Å²) < 4.78 is 1.73. The minimum absolute atomic E-state index is 0.0346. The van der Waals surface area contributed by atoms with Gasteiger partial charge in [0, 0.05) is 0 Å². The average molecular weight is 313 g/mol. The number of hydrogen-bond acceptors (Lipinski definition) is 6. The van der Waals surface area contributed by atoms with E-state index >= 15 is 0 Å². The summed E-state index contributed by atoms with van der Waals surface area (Å²) >= 11 is 15.4. The molecule has 1 aliphatic carbocycles. The van der Waals surface area contributed by atoms with E-state index in [0.29, 0.717) is 0 Å². The molecule has 0 aromatic heterocycles. The van der Waals surface area contributed by atoms with Crippen LogP contribution in [0.3, 0.4) is 0 Å². The molecule has 0 bridgehead atoms. The topological polar surface area (TPSA) is 40.6 Å². The molecule has 0 aromatic rings. The van der Waals surface area contributed by atoms with E-state index in [0.717, 1.165) is 39.5 Å². The molecule has 4 nitrogen and oxygen atoms in total. The zero-order chi connectivity index (χ0) is 13.0. The van der Waals surface area contributed by atoms with E-state index in [1.807, 2.05) is 0 Å². The van der Waals surface area contributed by atoms with Crippen molar-refractivity contribution in [2.24, 2.45) is 11.8 Å². The Balaban J connectivity index is 2.84. The van der Waals surface area contributed by atoms with Gasteiger partial charge in [0.2, 0.25) is 0 Å². The van der Waals surface area contributed by atoms with Crippen LogP contribution in [0, 0.1) is 11.8 Å². The lowest BCUT2D eigenvalue weighted by Crippen LogP contribution is -2.40. The molecule has 0 aromatic carbocycles. The second kappa shape index (κ2) is 7.06. The third kappa shape index (κ3) is 4.18. The molecule has 0 unspecified atom stereocenters. The van der Waals surface area contributed by atoms with Gasteiger partial charge in [-0.1, -0.05) is 70.5 Å². The molecule has 1 fully saturated rings. The van der Waals surface area contributed by atoms with Gasteiger partial charge in [0.25, 0.3) is 11.8 Å². The molecule has 2 amide bonds. The third-order valence-electron chi connectivity index (χ3n) is 3.05. The lowest BCUT2D eigenvalue weighted by atomic mass is 9.79. The Morgan fingerprint density at radius 3 is 1.65 bits per heavy atom. The Morgan fingerprint density at radius 2 is 1.29 bits per heavy atom. The van der Waals surface area contributed by atoms with Crippen molar-refractivity contribution in [2.45, 2.75) is 32.1 Å². The Morgan fingerprint density at radius 1 is 0.882 bits per heavy atom. The molecule has 17 heavy (non-hydrogen) atoms. The number of carbonyl (C=O) groups excluding carboxylic acids is 2. The van der Waals surface area contributed by atoms with Crippen molar-refractivity contribution in [3.05, 3.63) is 0 Å². The molecule has 0 aliphatic heterocycles. The summed E-state index contributed by atoms with van der Waals surface area (Å²) in [5.74, 6) is -1.57. The summed E-state index contributed by atoms with van der Waals surface area (Å²) in [4.78, 5) is 23.9. The van der Waals surface area contributed by atoms with E-state index in [1.54, 1.807) is 0 Å². The molecule has 1 rings (SSSR count). The third-order valence-corrected chi connectivity index (χ3v) is 3.84. The molecule has 0 atom stereocenters. The van der Waals surface area contributed by atoms with Crippen molar-refractivity contribution in [3.8, 4) is 0 Å². The zero-order valence-corrected chi connectivity index (χ0v) is 12.8. The minimum Gasteiger partial charge on any atom is -0.272 e. The number of carbonyl (C=O) groups is 2. The number of thiol groups is 4. The number of rotatable bonds is 3. The maximum absolute atomic E-state index is 11.9. The van der Waals surface area contributed by atoms with Crippen molar-refractivity contribution < 1.29 is 9.59 Å². The maximum Gasteiger partial charge on any atom is 0.255 e. The summed E-state index contributed by atoms with van der Waals surface area (Å²) in [6.07, 6.45) is 4.97. The monoisotopic (exact) mass is 312 g/mol. The van der Waals surface area contributed by atoms with Crippen LogP contribution in [0.1, 0.15) is 32.1 Å². The predicted octanol–water partition coefficient (Wildman–Crippen LogP) is 2.22. The molecule has 0 N–H and O–H groups in total. The number of amides is 2. The molecular weight excluding hydrogens is 296 g/mol. The quantitative estimate of drug-likeness (QED) is 0.477. The van der Waals surface area contributed by atoms with E-state index in [1.165, 1.54) is 0 Å². The molecule has 0 radical (unpaired) electrons. The van der Waals surface area contributed by atoms with Gasteiger partial charge in [-0.25, -0.2) is 7.42 Å². The van der Waals surface area contributed by atoms with Gasteiger partial charge in [0.1, 0.15) is 5.92 Å². The smallest absolute Gasteiger partial charge is 0.255 e. The normalized spacial score (nSPS) is 17.0. The standard InChI is InChI=1S/C9H16N2O2S4/c12-8(10(14)15)7(9(13)11(16)17)6-4-2-1-3-5-6/h6-7,14-17H,1-5H2. The van der Waals surface area contributed by atoms with E-state index in [9.17, 15) is 9.59 Å². The number of hydrogen-bond donors (Lipinski definition) is 4. The summed E-state index contributed by atoms with van der Waals surface area (Å²) in [6.45, 7) is 0. The van der Waals surface area contributed by atoms with Crippen molar-refractivity contribution in [2.75, 3.05) is 0 Å². The molecule has 8 heteroatoms. The van der Waals surface area contributed by atoms with Crippen LogP contribution in [-0.2, 0) is 9.59 Å². The van der Waals surface area contributed by atoms with Crippen LogP contribution in [0.4, 0.5) is 0 Å². The predicted molar refractivity (Wildman–Crippen MR) is 79.7 cm³/mol. The summed E-state index contributed by atoms with van der Waals surface area (Å²) in [5, 5.41) is 0. The van der Waals surface area contributed by atoms with Crippen LogP contribution in [0.5, 0.6) is 0 Å². The first kappa shape index (κ1) is 15.4. The van der Waals surface area contributed by atoms with E-state index in [4.69, 9.17) is 0 Å². The van der Waals surface area contributed by atoms with Crippen LogP contribution < -0.4 is 0 Å². The largest absolute Gasteiger partial charge is 0.272 e. The van der Waals surface area contributed by atoms with Gasteiger partial charge >= 0.3 is 0 Å².